The molecule has 0 spiro atoms. The zero-order chi connectivity index (χ0) is 14.4. The van der Waals surface area contributed by atoms with Crippen LogP contribution in [-0.2, 0) is 4.79 Å². The highest BCUT2D eigenvalue weighted by atomic mass is 16.1. The number of benzene rings is 1. The Morgan fingerprint density at radius 2 is 1.60 bits per heavy atom. The van der Waals surface area contributed by atoms with E-state index in [9.17, 15) is 9.59 Å². The van der Waals surface area contributed by atoms with Crippen molar-refractivity contribution in [2.75, 3.05) is 6.54 Å². The minimum absolute atomic E-state index is 0.0935. The molecule has 0 atom stereocenters. The van der Waals surface area contributed by atoms with Crippen molar-refractivity contribution in [3.63, 3.8) is 0 Å². The maximum absolute atomic E-state index is 12.3. The summed E-state index contributed by atoms with van der Waals surface area (Å²) in [6.07, 6.45) is 4.76. The normalized spacial score (nSPS) is 22.4. The van der Waals surface area contributed by atoms with Crippen molar-refractivity contribution in [2.24, 2.45) is 17.6 Å². The van der Waals surface area contributed by atoms with Crippen LogP contribution >= 0.6 is 0 Å². The standard InChI is InChI=1S/C17H23NO2/c18-12-4-7-16(19)13-8-10-15(11-9-13)17(20)14-5-2-1-3-6-14/h1-3,5-6,13,15H,4,7-12,18H2. The van der Waals surface area contributed by atoms with Gasteiger partial charge in [-0.2, -0.15) is 0 Å². The van der Waals surface area contributed by atoms with E-state index in [0.717, 1.165) is 37.7 Å². The van der Waals surface area contributed by atoms with Crippen LogP contribution < -0.4 is 5.73 Å². The number of hydrogen-bond acceptors (Lipinski definition) is 3. The fourth-order valence-corrected chi connectivity index (χ4v) is 3.00. The molecule has 2 N–H and O–H groups in total. The van der Waals surface area contributed by atoms with Gasteiger partial charge in [0.1, 0.15) is 5.78 Å². The molecule has 0 heterocycles. The van der Waals surface area contributed by atoms with Gasteiger partial charge >= 0.3 is 0 Å². The van der Waals surface area contributed by atoms with Crippen LogP contribution in [-0.4, -0.2) is 18.1 Å². The first kappa shape index (κ1) is 14.9. The van der Waals surface area contributed by atoms with Crippen LogP contribution in [0.5, 0.6) is 0 Å². The van der Waals surface area contributed by atoms with Gasteiger partial charge < -0.3 is 5.73 Å². The summed E-state index contributed by atoms with van der Waals surface area (Å²) in [4.78, 5) is 24.3. The van der Waals surface area contributed by atoms with E-state index in [-0.39, 0.29) is 17.6 Å². The Balaban J connectivity index is 1.85. The van der Waals surface area contributed by atoms with Crippen molar-refractivity contribution in [1.82, 2.24) is 0 Å². The Labute approximate surface area is 120 Å². The smallest absolute Gasteiger partial charge is 0.165 e. The molecule has 1 aliphatic carbocycles. The van der Waals surface area contributed by atoms with Crippen LogP contribution in [0.25, 0.3) is 0 Å². The Bertz CT molecular complexity index is 447. The number of hydrogen-bond donors (Lipinski definition) is 1. The molecule has 0 amide bonds. The second-order valence-corrected chi connectivity index (χ2v) is 5.64. The van der Waals surface area contributed by atoms with Crippen molar-refractivity contribution in [3.05, 3.63) is 35.9 Å². The van der Waals surface area contributed by atoms with Crippen LogP contribution in [0.2, 0.25) is 0 Å². The monoisotopic (exact) mass is 273 g/mol. The quantitative estimate of drug-likeness (QED) is 0.811. The first-order valence-corrected chi connectivity index (χ1v) is 7.54. The molecule has 0 radical (unpaired) electrons. The Morgan fingerprint density at radius 1 is 1.00 bits per heavy atom. The number of rotatable bonds is 6. The lowest BCUT2D eigenvalue weighted by atomic mass is 9.76. The Kier molecular flexibility index (Phi) is 5.48. The van der Waals surface area contributed by atoms with Crippen molar-refractivity contribution in [3.8, 4) is 0 Å². The summed E-state index contributed by atoms with van der Waals surface area (Å²) in [5.41, 5.74) is 6.23. The second kappa shape index (κ2) is 7.34. The zero-order valence-corrected chi connectivity index (χ0v) is 11.9. The summed E-state index contributed by atoms with van der Waals surface area (Å²) in [7, 11) is 0. The fraction of sp³-hybridized carbons (Fsp3) is 0.529. The SMILES string of the molecule is NCCCC(=O)C1CCC(C(=O)c2ccccc2)CC1. The summed E-state index contributed by atoms with van der Waals surface area (Å²) < 4.78 is 0. The highest BCUT2D eigenvalue weighted by molar-refractivity contribution is 5.98. The molecule has 1 aromatic carbocycles. The summed E-state index contributed by atoms with van der Waals surface area (Å²) in [5.74, 6) is 0.817. The summed E-state index contributed by atoms with van der Waals surface area (Å²) in [5, 5.41) is 0. The van der Waals surface area contributed by atoms with Gasteiger partial charge in [-0.15, -0.1) is 0 Å². The van der Waals surface area contributed by atoms with E-state index in [1.54, 1.807) is 0 Å². The van der Waals surface area contributed by atoms with Crippen molar-refractivity contribution < 1.29 is 9.59 Å². The predicted molar refractivity (Wildman–Crippen MR) is 79.5 cm³/mol. The molecule has 0 saturated heterocycles. The molecule has 20 heavy (non-hydrogen) atoms. The predicted octanol–water partition coefficient (Wildman–Crippen LogP) is 2.98. The molecule has 1 aromatic rings. The van der Waals surface area contributed by atoms with E-state index in [1.807, 2.05) is 30.3 Å². The molecule has 3 heteroatoms. The maximum Gasteiger partial charge on any atom is 0.165 e. The van der Waals surface area contributed by atoms with Crippen LogP contribution in [0.3, 0.4) is 0 Å². The van der Waals surface area contributed by atoms with Gasteiger partial charge in [0.25, 0.3) is 0 Å². The fourth-order valence-electron chi connectivity index (χ4n) is 3.00. The van der Waals surface area contributed by atoms with Crippen LogP contribution in [0.1, 0.15) is 48.9 Å². The van der Waals surface area contributed by atoms with E-state index in [1.165, 1.54) is 0 Å². The van der Waals surface area contributed by atoms with Gasteiger partial charge in [0.2, 0.25) is 0 Å². The van der Waals surface area contributed by atoms with Gasteiger partial charge in [-0.25, -0.2) is 0 Å². The number of nitrogens with two attached hydrogens (primary N) is 1. The Morgan fingerprint density at radius 3 is 2.20 bits per heavy atom. The number of carbonyl (C=O) groups excluding carboxylic acids is 2. The molecule has 1 saturated carbocycles. The van der Waals surface area contributed by atoms with Crippen molar-refractivity contribution >= 4 is 11.6 Å². The number of Topliss-reactive ketones (excluding diaryl/α,β-unsaturated/α-hetero) is 2. The molecular formula is C17H23NO2. The number of ketones is 2. The molecule has 108 valence electrons. The minimum Gasteiger partial charge on any atom is -0.330 e. The molecule has 3 nitrogen and oxygen atoms in total. The van der Waals surface area contributed by atoms with E-state index in [0.29, 0.717) is 18.7 Å². The highest BCUT2D eigenvalue weighted by Gasteiger charge is 2.29. The third-order valence-electron chi connectivity index (χ3n) is 4.24. The van der Waals surface area contributed by atoms with Crippen LogP contribution in [0.15, 0.2) is 30.3 Å². The lowest BCUT2D eigenvalue weighted by molar-refractivity contribution is -0.124. The summed E-state index contributed by atoms with van der Waals surface area (Å²) >= 11 is 0. The van der Waals surface area contributed by atoms with Gasteiger partial charge in [0.05, 0.1) is 0 Å². The molecule has 1 fully saturated rings. The first-order chi connectivity index (χ1) is 9.72. The van der Waals surface area contributed by atoms with E-state index < -0.39 is 0 Å². The molecule has 1 aliphatic rings. The van der Waals surface area contributed by atoms with Gasteiger partial charge in [-0.3, -0.25) is 9.59 Å². The van der Waals surface area contributed by atoms with Crippen LogP contribution in [0, 0.1) is 11.8 Å². The van der Waals surface area contributed by atoms with Crippen molar-refractivity contribution in [1.29, 1.82) is 0 Å². The third-order valence-corrected chi connectivity index (χ3v) is 4.24. The van der Waals surface area contributed by atoms with Gasteiger partial charge in [0.15, 0.2) is 5.78 Å². The second-order valence-electron chi connectivity index (χ2n) is 5.64. The topological polar surface area (TPSA) is 60.2 Å². The largest absolute Gasteiger partial charge is 0.330 e. The lowest BCUT2D eigenvalue weighted by Crippen LogP contribution is -2.26. The minimum atomic E-state index is 0.0935. The zero-order valence-electron chi connectivity index (χ0n) is 11.9. The van der Waals surface area contributed by atoms with Gasteiger partial charge in [-0.05, 0) is 38.6 Å². The number of carbonyl (C=O) groups is 2. The molecule has 0 bridgehead atoms. The maximum atomic E-state index is 12.3. The molecule has 0 aromatic heterocycles. The Hall–Kier alpha value is -1.48. The van der Waals surface area contributed by atoms with Gasteiger partial charge in [0, 0.05) is 23.8 Å². The lowest BCUT2D eigenvalue weighted by Gasteiger charge is -2.26. The average molecular weight is 273 g/mol. The van der Waals surface area contributed by atoms with E-state index in [2.05, 4.69) is 0 Å². The molecular weight excluding hydrogens is 250 g/mol. The molecule has 2 rings (SSSR count). The van der Waals surface area contributed by atoms with E-state index >= 15 is 0 Å². The average Bonchev–Trinajstić information content (AvgIpc) is 2.53. The summed E-state index contributed by atoms with van der Waals surface area (Å²) in [6, 6.07) is 9.47. The van der Waals surface area contributed by atoms with E-state index in [4.69, 9.17) is 5.73 Å². The molecule has 0 unspecified atom stereocenters. The van der Waals surface area contributed by atoms with Crippen molar-refractivity contribution in [2.45, 2.75) is 38.5 Å². The van der Waals surface area contributed by atoms with Gasteiger partial charge in [-0.1, -0.05) is 30.3 Å². The first-order valence-electron chi connectivity index (χ1n) is 7.54. The summed E-state index contributed by atoms with van der Waals surface area (Å²) in [6.45, 7) is 0.577. The highest BCUT2D eigenvalue weighted by Crippen LogP contribution is 2.32. The molecule has 0 aliphatic heterocycles. The van der Waals surface area contributed by atoms with Crippen LogP contribution in [0.4, 0.5) is 0 Å². The third kappa shape index (κ3) is 3.76.